The third-order valence-corrected chi connectivity index (χ3v) is 10.8. The summed E-state index contributed by atoms with van der Waals surface area (Å²) >= 11 is 0. The highest BCUT2D eigenvalue weighted by atomic mass is 16.3. The molecule has 11 rings (SSSR count). The van der Waals surface area contributed by atoms with Crippen molar-refractivity contribution < 1.29 is 4.42 Å². The summed E-state index contributed by atoms with van der Waals surface area (Å²) in [4.78, 5) is 0. The highest BCUT2D eigenvalue weighted by molar-refractivity contribution is 6.25. The van der Waals surface area contributed by atoms with Gasteiger partial charge in [0.25, 0.3) is 0 Å². The van der Waals surface area contributed by atoms with Gasteiger partial charge in [-0.2, -0.15) is 0 Å². The van der Waals surface area contributed by atoms with Gasteiger partial charge in [0.05, 0.1) is 0 Å². The minimum absolute atomic E-state index is 0.910. The van der Waals surface area contributed by atoms with Gasteiger partial charge in [-0.15, -0.1) is 0 Å². The Morgan fingerprint density at radius 1 is 0.294 bits per heavy atom. The van der Waals surface area contributed by atoms with Crippen molar-refractivity contribution in [3.63, 3.8) is 0 Å². The van der Waals surface area contributed by atoms with E-state index >= 15 is 0 Å². The molecule has 1 heterocycles. The summed E-state index contributed by atoms with van der Waals surface area (Å²) in [6.07, 6.45) is 0. The molecule has 11 aromatic rings. The van der Waals surface area contributed by atoms with Crippen molar-refractivity contribution in [2.45, 2.75) is 0 Å². The number of rotatable bonds is 3. The van der Waals surface area contributed by atoms with Gasteiger partial charge in [-0.1, -0.05) is 164 Å². The van der Waals surface area contributed by atoms with Crippen LogP contribution < -0.4 is 0 Å². The van der Waals surface area contributed by atoms with E-state index in [9.17, 15) is 0 Å². The first-order chi connectivity index (χ1) is 25.3. The lowest BCUT2D eigenvalue weighted by molar-refractivity contribution is 0.673. The Kier molecular flexibility index (Phi) is 6.02. The Morgan fingerprint density at radius 3 is 1.57 bits per heavy atom. The molecule has 0 atom stereocenters. The van der Waals surface area contributed by atoms with E-state index in [2.05, 4.69) is 182 Å². The smallest absolute Gasteiger partial charge is 0.143 e. The van der Waals surface area contributed by atoms with Crippen molar-refractivity contribution in [1.82, 2.24) is 0 Å². The number of fused-ring (bicyclic) bond motifs is 9. The van der Waals surface area contributed by atoms with Crippen LogP contribution in [0.2, 0.25) is 0 Å². The molecule has 0 aliphatic rings. The van der Waals surface area contributed by atoms with E-state index in [1.165, 1.54) is 81.9 Å². The Hall–Kier alpha value is -6.70. The zero-order chi connectivity index (χ0) is 33.5. The van der Waals surface area contributed by atoms with E-state index in [1.54, 1.807) is 0 Å². The maximum atomic E-state index is 6.60. The van der Waals surface area contributed by atoms with Crippen LogP contribution in [0.15, 0.2) is 186 Å². The van der Waals surface area contributed by atoms with Gasteiger partial charge < -0.3 is 4.42 Å². The molecule has 0 bridgehead atoms. The zero-order valence-electron chi connectivity index (χ0n) is 27.7. The summed E-state index contributed by atoms with van der Waals surface area (Å²) in [7, 11) is 0. The summed E-state index contributed by atoms with van der Waals surface area (Å²) in [6.45, 7) is 0. The molecule has 0 fully saturated rings. The van der Waals surface area contributed by atoms with Gasteiger partial charge in [0, 0.05) is 16.2 Å². The molecule has 10 aromatic carbocycles. The summed E-state index contributed by atoms with van der Waals surface area (Å²) in [6, 6.07) is 66.3. The van der Waals surface area contributed by atoms with Crippen LogP contribution in [0.5, 0.6) is 0 Å². The fourth-order valence-electron chi connectivity index (χ4n) is 8.60. The third kappa shape index (κ3) is 4.16. The fourth-order valence-corrected chi connectivity index (χ4v) is 8.60. The van der Waals surface area contributed by atoms with Gasteiger partial charge in [0.2, 0.25) is 0 Å². The first kappa shape index (κ1) is 28.2. The maximum absolute atomic E-state index is 6.60. The molecule has 0 aliphatic heterocycles. The predicted octanol–water partition coefficient (Wildman–Crippen LogP) is 14.4. The van der Waals surface area contributed by atoms with Gasteiger partial charge in [-0.25, -0.2) is 0 Å². The predicted molar refractivity (Wildman–Crippen MR) is 218 cm³/mol. The quantitative estimate of drug-likeness (QED) is 0.174. The molecule has 0 N–H and O–H groups in total. The molecule has 0 saturated heterocycles. The zero-order valence-corrected chi connectivity index (χ0v) is 27.7. The average molecular weight is 647 g/mol. The summed E-state index contributed by atoms with van der Waals surface area (Å²) < 4.78 is 6.60. The Labute approximate surface area is 294 Å². The molecule has 51 heavy (non-hydrogen) atoms. The molecule has 1 heteroatoms. The van der Waals surface area contributed by atoms with Crippen molar-refractivity contribution in [3.8, 4) is 33.4 Å². The molecule has 0 radical (unpaired) electrons. The first-order valence-electron chi connectivity index (χ1n) is 17.6. The van der Waals surface area contributed by atoms with E-state index < -0.39 is 0 Å². The topological polar surface area (TPSA) is 13.1 Å². The lowest BCUT2D eigenvalue weighted by Crippen LogP contribution is -1.92. The second kappa shape index (κ2) is 10.9. The molecule has 1 nitrogen and oxygen atoms in total. The van der Waals surface area contributed by atoms with Gasteiger partial charge >= 0.3 is 0 Å². The highest BCUT2D eigenvalue weighted by Gasteiger charge is 2.21. The number of hydrogen-bond donors (Lipinski definition) is 0. The molecular weight excluding hydrogens is 617 g/mol. The SMILES string of the molecule is c1ccc2cc(-c3c4ccccc4c(-c4ccc(-c5cccc6oc7c8ccccc8ccc7c56)c5ccccc45)c4ccccc34)ccc2c1. The van der Waals surface area contributed by atoms with Crippen molar-refractivity contribution in [1.29, 1.82) is 0 Å². The number of hydrogen-bond acceptors (Lipinski definition) is 1. The second-order valence-corrected chi connectivity index (χ2v) is 13.6. The normalized spacial score (nSPS) is 11.9. The van der Waals surface area contributed by atoms with Crippen LogP contribution in [0.4, 0.5) is 0 Å². The molecule has 236 valence electrons. The molecule has 0 saturated carbocycles. The molecule has 0 spiro atoms. The van der Waals surface area contributed by atoms with Gasteiger partial charge in [0.15, 0.2) is 0 Å². The Bertz CT molecular complexity index is 3140. The minimum atomic E-state index is 0.910. The van der Waals surface area contributed by atoms with E-state index in [-0.39, 0.29) is 0 Å². The van der Waals surface area contributed by atoms with Crippen LogP contribution in [-0.2, 0) is 0 Å². The van der Waals surface area contributed by atoms with E-state index in [0.717, 1.165) is 27.3 Å². The molecule has 0 unspecified atom stereocenters. The summed E-state index contributed by atoms with van der Waals surface area (Å²) in [5.41, 5.74) is 9.27. The highest BCUT2D eigenvalue weighted by Crippen LogP contribution is 2.48. The number of furan rings is 1. The Morgan fingerprint density at radius 2 is 0.843 bits per heavy atom. The minimum Gasteiger partial charge on any atom is -0.455 e. The van der Waals surface area contributed by atoms with E-state index in [1.807, 2.05) is 0 Å². The molecule has 1 aromatic heterocycles. The van der Waals surface area contributed by atoms with Gasteiger partial charge in [-0.05, 0) is 100 Å². The van der Waals surface area contributed by atoms with Crippen LogP contribution in [0.1, 0.15) is 0 Å². The van der Waals surface area contributed by atoms with Crippen LogP contribution in [0.3, 0.4) is 0 Å². The van der Waals surface area contributed by atoms with Crippen molar-refractivity contribution >= 4 is 75.8 Å². The Balaban J connectivity index is 1.19. The van der Waals surface area contributed by atoms with Crippen LogP contribution in [0, 0.1) is 0 Å². The van der Waals surface area contributed by atoms with Crippen molar-refractivity contribution in [2.24, 2.45) is 0 Å². The van der Waals surface area contributed by atoms with Crippen molar-refractivity contribution in [3.05, 3.63) is 182 Å². The van der Waals surface area contributed by atoms with Crippen molar-refractivity contribution in [2.75, 3.05) is 0 Å². The maximum Gasteiger partial charge on any atom is 0.143 e. The van der Waals surface area contributed by atoms with Gasteiger partial charge in [0.1, 0.15) is 11.2 Å². The van der Waals surface area contributed by atoms with Crippen LogP contribution >= 0.6 is 0 Å². The average Bonchev–Trinajstić information content (AvgIpc) is 3.59. The second-order valence-electron chi connectivity index (χ2n) is 13.6. The van der Waals surface area contributed by atoms with E-state index in [4.69, 9.17) is 4.42 Å². The third-order valence-electron chi connectivity index (χ3n) is 10.8. The van der Waals surface area contributed by atoms with Gasteiger partial charge in [-0.3, -0.25) is 0 Å². The molecule has 0 aliphatic carbocycles. The van der Waals surface area contributed by atoms with Crippen LogP contribution in [0.25, 0.3) is 109 Å². The lowest BCUT2D eigenvalue weighted by Gasteiger charge is -2.20. The standard InChI is InChI=1S/C50H30O/c1-2-14-33-30-34(25-24-31(33)12-1)47-40-18-7-9-20-42(40)48(43-21-10-8-19-41(43)47)44-29-28-38(36-16-5-6-17-37(36)44)39-22-11-23-46-49(39)45-27-26-32-13-3-4-15-35(32)50(45)51-46/h1-30H. The summed E-state index contributed by atoms with van der Waals surface area (Å²) in [5, 5.41) is 14.6. The lowest BCUT2D eigenvalue weighted by atomic mass is 9.83. The molecule has 0 amide bonds. The molecular formula is C50H30O. The monoisotopic (exact) mass is 646 g/mol. The number of benzene rings is 10. The fraction of sp³-hybridized carbons (Fsp3) is 0. The van der Waals surface area contributed by atoms with E-state index in [0.29, 0.717) is 0 Å². The summed E-state index contributed by atoms with van der Waals surface area (Å²) in [5.74, 6) is 0. The first-order valence-corrected chi connectivity index (χ1v) is 17.6. The largest absolute Gasteiger partial charge is 0.455 e. The van der Waals surface area contributed by atoms with Crippen LogP contribution in [-0.4, -0.2) is 0 Å².